The van der Waals surface area contributed by atoms with E-state index >= 15 is 0 Å². The van der Waals surface area contributed by atoms with E-state index in [4.69, 9.17) is 0 Å². The van der Waals surface area contributed by atoms with Crippen molar-refractivity contribution in [3.8, 4) is 0 Å². The lowest BCUT2D eigenvalue weighted by Crippen LogP contribution is -2.48. The SMILES string of the molecule is O=S(=O)(c1ccn[nH]1)N1CCCCC1CNC1CC1. The topological polar surface area (TPSA) is 78.1 Å². The van der Waals surface area contributed by atoms with Crippen molar-refractivity contribution in [3.05, 3.63) is 12.3 Å². The lowest BCUT2D eigenvalue weighted by molar-refractivity contribution is 0.244. The van der Waals surface area contributed by atoms with E-state index in [-0.39, 0.29) is 11.1 Å². The van der Waals surface area contributed by atoms with Crippen LogP contribution in [0.3, 0.4) is 0 Å². The number of hydrogen-bond acceptors (Lipinski definition) is 4. The molecule has 1 saturated heterocycles. The van der Waals surface area contributed by atoms with Crippen LogP contribution >= 0.6 is 0 Å². The Bertz CT molecular complexity index is 510. The van der Waals surface area contributed by atoms with E-state index in [0.717, 1.165) is 25.8 Å². The molecule has 1 aliphatic heterocycles. The van der Waals surface area contributed by atoms with Crippen LogP contribution in [0.15, 0.2) is 17.3 Å². The fourth-order valence-corrected chi connectivity index (χ4v) is 4.19. The van der Waals surface area contributed by atoms with Gasteiger partial charge in [0.1, 0.15) is 0 Å². The standard InChI is InChI=1S/C12H20N4O2S/c17-19(18,12-6-7-14-15-12)16-8-2-1-3-11(16)9-13-10-4-5-10/h6-7,10-11,13H,1-5,8-9H2,(H,14,15). The number of aromatic nitrogens is 2. The summed E-state index contributed by atoms with van der Waals surface area (Å²) in [6.45, 7) is 1.37. The molecular weight excluding hydrogens is 264 g/mol. The first-order valence-electron chi connectivity index (χ1n) is 6.92. The number of H-pyrrole nitrogens is 1. The van der Waals surface area contributed by atoms with Crippen molar-refractivity contribution in [2.45, 2.75) is 49.2 Å². The summed E-state index contributed by atoms with van der Waals surface area (Å²) >= 11 is 0. The van der Waals surface area contributed by atoms with Crippen molar-refractivity contribution >= 4 is 10.0 Å². The summed E-state index contributed by atoms with van der Waals surface area (Å²) in [6.07, 6.45) is 6.90. The van der Waals surface area contributed by atoms with Gasteiger partial charge in [-0.2, -0.15) is 9.40 Å². The normalized spacial score (nSPS) is 25.6. The van der Waals surface area contributed by atoms with Gasteiger partial charge < -0.3 is 5.32 Å². The third kappa shape index (κ3) is 2.82. The van der Waals surface area contributed by atoms with Gasteiger partial charge in [-0.25, -0.2) is 8.42 Å². The molecule has 2 heterocycles. The predicted octanol–water partition coefficient (Wildman–Crippen LogP) is 0.705. The van der Waals surface area contributed by atoms with Gasteiger partial charge in [0, 0.05) is 25.2 Å². The van der Waals surface area contributed by atoms with Gasteiger partial charge in [-0.15, -0.1) is 0 Å². The van der Waals surface area contributed by atoms with E-state index in [1.807, 2.05) is 0 Å². The Morgan fingerprint density at radius 3 is 2.89 bits per heavy atom. The Hall–Kier alpha value is -0.920. The Kier molecular flexibility index (Phi) is 3.60. The van der Waals surface area contributed by atoms with E-state index in [0.29, 0.717) is 12.6 Å². The third-order valence-corrected chi connectivity index (χ3v) is 5.74. The minimum absolute atomic E-state index is 0.0719. The molecule has 1 unspecified atom stereocenters. The quantitative estimate of drug-likeness (QED) is 0.834. The predicted molar refractivity (Wildman–Crippen MR) is 71.1 cm³/mol. The van der Waals surface area contributed by atoms with Gasteiger partial charge in [0.05, 0.1) is 6.20 Å². The van der Waals surface area contributed by atoms with E-state index < -0.39 is 10.0 Å². The van der Waals surface area contributed by atoms with Gasteiger partial charge in [0.25, 0.3) is 10.0 Å². The second-order valence-corrected chi connectivity index (χ2v) is 7.23. The molecule has 106 valence electrons. The summed E-state index contributed by atoms with van der Waals surface area (Å²) in [5.41, 5.74) is 0. The molecule has 1 aromatic heterocycles. The molecule has 0 amide bonds. The lowest BCUT2D eigenvalue weighted by Gasteiger charge is -2.34. The summed E-state index contributed by atoms with van der Waals surface area (Å²) in [7, 11) is -3.42. The van der Waals surface area contributed by atoms with Crippen LogP contribution in [-0.4, -0.2) is 48.1 Å². The van der Waals surface area contributed by atoms with E-state index in [2.05, 4.69) is 15.5 Å². The van der Waals surface area contributed by atoms with Gasteiger partial charge in [-0.3, -0.25) is 5.10 Å². The van der Waals surface area contributed by atoms with Crippen molar-refractivity contribution in [2.75, 3.05) is 13.1 Å². The Labute approximate surface area is 113 Å². The molecule has 1 atom stereocenters. The zero-order valence-electron chi connectivity index (χ0n) is 10.9. The second-order valence-electron chi connectivity index (χ2n) is 5.37. The molecule has 1 aromatic rings. The van der Waals surface area contributed by atoms with Crippen LogP contribution in [0.25, 0.3) is 0 Å². The number of hydrogen-bond donors (Lipinski definition) is 2. The van der Waals surface area contributed by atoms with Crippen LogP contribution in [-0.2, 0) is 10.0 Å². The Morgan fingerprint density at radius 1 is 1.37 bits per heavy atom. The van der Waals surface area contributed by atoms with Gasteiger partial charge >= 0.3 is 0 Å². The number of nitrogens with zero attached hydrogens (tertiary/aromatic N) is 2. The Morgan fingerprint density at radius 2 is 2.21 bits per heavy atom. The zero-order chi connectivity index (χ0) is 13.3. The van der Waals surface area contributed by atoms with Crippen LogP contribution < -0.4 is 5.32 Å². The average Bonchev–Trinajstić information content (AvgIpc) is 3.07. The number of sulfonamides is 1. The van der Waals surface area contributed by atoms with Gasteiger partial charge in [-0.1, -0.05) is 6.42 Å². The van der Waals surface area contributed by atoms with Crippen molar-refractivity contribution < 1.29 is 8.42 Å². The monoisotopic (exact) mass is 284 g/mol. The van der Waals surface area contributed by atoms with E-state index in [1.54, 1.807) is 4.31 Å². The van der Waals surface area contributed by atoms with Crippen molar-refractivity contribution in [3.63, 3.8) is 0 Å². The second kappa shape index (κ2) is 5.22. The smallest absolute Gasteiger partial charge is 0.260 e. The zero-order valence-corrected chi connectivity index (χ0v) is 11.7. The molecule has 0 aromatic carbocycles. The molecular formula is C12H20N4O2S. The fraction of sp³-hybridized carbons (Fsp3) is 0.750. The molecule has 19 heavy (non-hydrogen) atoms. The average molecular weight is 284 g/mol. The van der Waals surface area contributed by atoms with Crippen molar-refractivity contribution in [2.24, 2.45) is 0 Å². The number of rotatable bonds is 5. The summed E-state index contributed by atoms with van der Waals surface area (Å²) in [5.74, 6) is 0. The molecule has 0 spiro atoms. The summed E-state index contributed by atoms with van der Waals surface area (Å²) in [4.78, 5) is 0. The highest BCUT2D eigenvalue weighted by Crippen LogP contribution is 2.25. The van der Waals surface area contributed by atoms with Crippen LogP contribution in [0.1, 0.15) is 32.1 Å². The maximum atomic E-state index is 12.5. The first-order valence-corrected chi connectivity index (χ1v) is 8.36. The highest BCUT2D eigenvalue weighted by molar-refractivity contribution is 7.89. The molecule has 1 aliphatic carbocycles. The number of nitrogens with one attached hydrogen (secondary N) is 2. The van der Waals surface area contributed by atoms with Crippen molar-refractivity contribution in [1.29, 1.82) is 0 Å². The molecule has 0 radical (unpaired) electrons. The molecule has 2 fully saturated rings. The highest BCUT2D eigenvalue weighted by Gasteiger charge is 2.35. The van der Waals surface area contributed by atoms with Gasteiger partial charge in [0.15, 0.2) is 5.03 Å². The minimum Gasteiger partial charge on any atom is -0.312 e. The highest BCUT2D eigenvalue weighted by atomic mass is 32.2. The lowest BCUT2D eigenvalue weighted by atomic mass is 10.1. The minimum atomic E-state index is -3.42. The van der Waals surface area contributed by atoms with E-state index in [1.165, 1.54) is 25.1 Å². The molecule has 0 bridgehead atoms. The summed E-state index contributed by atoms with van der Waals surface area (Å²) < 4.78 is 26.7. The van der Waals surface area contributed by atoms with Gasteiger partial charge in [0.2, 0.25) is 0 Å². The molecule has 7 heteroatoms. The van der Waals surface area contributed by atoms with Gasteiger partial charge in [-0.05, 0) is 31.7 Å². The van der Waals surface area contributed by atoms with Crippen LogP contribution in [0.4, 0.5) is 0 Å². The maximum Gasteiger partial charge on any atom is 0.260 e. The number of aromatic amines is 1. The van der Waals surface area contributed by atoms with Crippen LogP contribution in [0.5, 0.6) is 0 Å². The fourth-order valence-electron chi connectivity index (χ4n) is 2.60. The summed E-state index contributed by atoms with van der Waals surface area (Å²) in [6, 6.07) is 2.20. The number of piperidine rings is 1. The maximum absolute atomic E-state index is 12.5. The first-order chi connectivity index (χ1) is 9.18. The molecule has 3 rings (SSSR count). The Balaban J connectivity index is 1.75. The first kappa shape index (κ1) is 13.1. The van der Waals surface area contributed by atoms with Crippen LogP contribution in [0.2, 0.25) is 0 Å². The molecule has 1 saturated carbocycles. The molecule has 2 aliphatic rings. The van der Waals surface area contributed by atoms with Crippen LogP contribution in [0, 0.1) is 0 Å². The largest absolute Gasteiger partial charge is 0.312 e. The third-order valence-electron chi connectivity index (χ3n) is 3.85. The molecule has 2 N–H and O–H groups in total. The molecule has 6 nitrogen and oxygen atoms in total. The van der Waals surface area contributed by atoms with Crippen molar-refractivity contribution in [1.82, 2.24) is 19.8 Å². The summed E-state index contributed by atoms with van der Waals surface area (Å²) in [5, 5.41) is 9.96. The van der Waals surface area contributed by atoms with E-state index in [9.17, 15) is 8.42 Å².